The van der Waals surface area contributed by atoms with E-state index in [4.69, 9.17) is 9.05 Å². The normalized spacial score (nSPS) is 13.9. The van der Waals surface area contributed by atoms with Crippen molar-refractivity contribution in [3.63, 3.8) is 0 Å². The van der Waals surface area contributed by atoms with Crippen LogP contribution in [0.25, 0.3) is 0 Å². The number of quaternary nitrogens is 1. The molecule has 0 fully saturated rings. The van der Waals surface area contributed by atoms with Crippen LogP contribution < -0.4 is 10.2 Å². The Morgan fingerprint density at radius 3 is 1.11 bits per heavy atom. The number of aliphatic hydroxyl groups is 1. The van der Waals surface area contributed by atoms with Crippen molar-refractivity contribution in [2.45, 2.75) is 334 Å². The van der Waals surface area contributed by atoms with E-state index in [0.717, 1.165) is 51.4 Å². The first-order chi connectivity index (χ1) is 34.0. The van der Waals surface area contributed by atoms with Gasteiger partial charge in [0.1, 0.15) is 13.2 Å². The van der Waals surface area contributed by atoms with Gasteiger partial charge in [0, 0.05) is 6.42 Å². The number of nitrogens with one attached hydrogen (secondary N) is 1. The monoisotopic (exact) mass is 1010 g/mol. The minimum absolute atomic E-state index is 0.0129. The molecule has 8 nitrogen and oxygen atoms in total. The van der Waals surface area contributed by atoms with Gasteiger partial charge in [0.05, 0.1) is 39.9 Å². The van der Waals surface area contributed by atoms with Crippen LogP contribution in [0, 0.1) is 0 Å². The van der Waals surface area contributed by atoms with Crippen molar-refractivity contribution >= 4 is 13.7 Å². The molecule has 0 aliphatic heterocycles. The molecule has 0 heterocycles. The van der Waals surface area contributed by atoms with Gasteiger partial charge in [-0.15, -0.1) is 0 Å². The summed E-state index contributed by atoms with van der Waals surface area (Å²) in [4.78, 5) is 25.5. The minimum Gasteiger partial charge on any atom is -0.756 e. The number of aliphatic hydroxyl groups excluding tert-OH is 1. The number of hydrogen-bond donors (Lipinski definition) is 2. The maximum atomic E-state index is 13.0. The van der Waals surface area contributed by atoms with Gasteiger partial charge in [-0.25, -0.2) is 0 Å². The Hall–Kier alpha value is -0.760. The van der Waals surface area contributed by atoms with Gasteiger partial charge in [-0.1, -0.05) is 289 Å². The van der Waals surface area contributed by atoms with Crippen LogP contribution in [0.1, 0.15) is 322 Å². The minimum atomic E-state index is -4.57. The Balaban J connectivity index is 3.97. The third kappa shape index (κ3) is 55.0. The number of phosphoric ester groups is 1. The van der Waals surface area contributed by atoms with Gasteiger partial charge in [0.25, 0.3) is 7.82 Å². The van der Waals surface area contributed by atoms with Crippen LogP contribution in [0.4, 0.5) is 0 Å². The summed E-state index contributed by atoms with van der Waals surface area (Å²) in [5.74, 6) is -0.168. The van der Waals surface area contributed by atoms with E-state index in [9.17, 15) is 19.4 Å². The van der Waals surface area contributed by atoms with E-state index >= 15 is 0 Å². The number of hydrogen-bond acceptors (Lipinski definition) is 6. The van der Waals surface area contributed by atoms with Crippen LogP contribution >= 0.6 is 7.82 Å². The molecular weight excluding hydrogens is 888 g/mol. The van der Waals surface area contributed by atoms with Crippen molar-refractivity contribution in [3.8, 4) is 0 Å². The molecule has 0 bridgehead atoms. The standard InChI is InChI=1S/C61H123N2O6P/c1-6-8-10-12-14-16-18-20-22-23-24-25-26-27-28-29-30-31-32-33-34-35-36-37-38-39-41-42-44-46-48-50-52-54-60(64)59(58-69-70(66,67)68-57-56-63(3,4)5)62-61(65)55-53-51-49-47-45-43-40-21-19-17-15-13-11-9-7-2/h21,40,59-60,64H,6-20,22-39,41-58H2,1-5H3,(H-,62,65,66,67)/b40-21-. The second-order valence-corrected chi connectivity index (χ2v) is 24.2. The van der Waals surface area contributed by atoms with Gasteiger partial charge in [-0.05, 0) is 38.5 Å². The third-order valence-corrected chi connectivity index (χ3v) is 15.5. The van der Waals surface area contributed by atoms with Gasteiger partial charge < -0.3 is 28.8 Å². The lowest BCUT2D eigenvalue weighted by Gasteiger charge is -2.30. The number of rotatable bonds is 58. The van der Waals surface area contributed by atoms with Crippen molar-refractivity contribution in [1.82, 2.24) is 5.32 Å². The summed E-state index contributed by atoms with van der Waals surface area (Å²) < 4.78 is 23.4. The molecule has 9 heteroatoms. The van der Waals surface area contributed by atoms with Crippen molar-refractivity contribution in [3.05, 3.63) is 12.2 Å². The van der Waals surface area contributed by atoms with Gasteiger partial charge in [-0.3, -0.25) is 9.36 Å². The highest BCUT2D eigenvalue weighted by atomic mass is 31.2. The summed E-state index contributed by atoms with van der Waals surface area (Å²) in [6, 6.07) is -0.803. The van der Waals surface area contributed by atoms with E-state index in [1.807, 2.05) is 21.1 Å². The maximum absolute atomic E-state index is 13.0. The van der Waals surface area contributed by atoms with Gasteiger partial charge in [-0.2, -0.15) is 0 Å². The Bertz CT molecular complexity index is 1150. The first-order valence-corrected chi connectivity index (χ1v) is 32.5. The maximum Gasteiger partial charge on any atom is 0.268 e. The fraction of sp³-hybridized carbons (Fsp3) is 0.951. The second kappa shape index (κ2) is 53.1. The highest BCUT2D eigenvalue weighted by Gasteiger charge is 2.24. The molecule has 0 aromatic carbocycles. The largest absolute Gasteiger partial charge is 0.756 e. The Morgan fingerprint density at radius 1 is 0.486 bits per heavy atom. The fourth-order valence-electron chi connectivity index (χ4n) is 9.63. The van der Waals surface area contributed by atoms with Crippen LogP contribution in [0.15, 0.2) is 12.2 Å². The van der Waals surface area contributed by atoms with E-state index < -0.39 is 20.0 Å². The Labute approximate surface area is 437 Å². The number of unbranched alkanes of at least 4 members (excludes halogenated alkanes) is 43. The molecule has 0 aliphatic carbocycles. The van der Waals surface area contributed by atoms with Crippen LogP contribution in [0.2, 0.25) is 0 Å². The molecule has 0 spiro atoms. The van der Waals surface area contributed by atoms with Gasteiger partial charge in [0.15, 0.2) is 0 Å². The number of allylic oxidation sites excluding steroid dienone is 2. The molecule has 0 saturated heterocycles. The van der Waals surface area contributed by atoms with Gasteiger partial charge >= 0.3 is 0 Å². The van der Waals surface area contributed by atoms with Crippen molar-refractivity contribution < 1.29 is 32.9 Å². The molecule has 1 amide bonds. The van der Waals surface area contributed by atoms with E-state index in [1.165, 1.54) is 244 Å². The predicted molar refractivity (Wildman–Crippen MR) is 302 cm³/mol. The lowest BCUT2D eigenvalue weighted by molar-refractivity contribution is -0.870. The number of likely N-dealkylation sites (N-methyl/N-ethyl adjacent to an activating group) is 1. The van der Waals surface area contributed by atoms with Crippen LogP contribution in [0.5, 0.6) is 0 Å². The molecule has 0 radical (unpaired) electrons. The Kier molecular flexibility index (Phi) is 52.5. The molecule has 2 N–H and O–H groups in total. The molecular formula is C61H123N2O6P. The molecule has 0 rings (SSSR count). The molecule has 0 aromatic rings. The summed E-state index contributed by atoms with van der Waals surface area (Å²) in [6.45, 7) is 4.75. The summed E-state index contributed by atoms with van der Waals surface area (Å²) in [5.41, 5.74) is 0. The molecule has 3 unspecified atom stereocenters. The number of carbonyl (C=O) groups excluding carboxylic acids is 1. The van der Waals surface area contributed by atoms with Crippen LogP contribution in [-0.4, -0.2) is 68.5 Å². The van der Waals surface area contributed by atoms with E-state index in [-0.39, 0.29) is 19.1 Å². The van der Waals surface area contributed by atoms with E-state index in [2.05, 4.69) is 31.3 Å². The summed E-state index contributed by atoms with van der Waals surface area (Å²) in [5, 5.41) is 14.0. The number of carbonyl (C=O) groups is 1. The summed E-state index contributed by atoms with van der Waals surface area (Å²) >= 11 is 0. The average molecular weight is 1010 g/mol. The second-order valence-electron chi connectivity index (χ2n) is 22.8. The van der Waals surface area contributed by atoms with E-state index in [0.29, 0.717) is 23.9 Å². The van der Waals surface area contributed by atoms with Crippen molar-refractivity contribution in [2.24, 2.45) is 0 Å². The first-order valence-electron chi connectivity index (χ1n) is 31.0. The number of phosphoric acid groups is 1. The highest BCUT2D eigenvalue weighted by molar-refractivity contribution is 7.45. The molecule has 0 aromatic heterocycles. The van der Waals surface area contributed by atoms with Gasteiger partial charge in [0.2, 0.25) is 5.91 Å². The molecule has 70 heavy (non-hydrogen) atoms. The van der Waals surface area contributed by atoms with E-state index in [1.54, 1.807) is 0 Å². The van der Waals surface area contributed by atoms with Crippen molar-refractivity contribution in [1.29, 1.82) is 0 Å². The lowest BCUT2D eigenvalue weighted by atomic mass is 10.0. The zero-order valence-corrected chi connectivity index (χ0v) is 48.6. The molecule has 0 aliphatic rings. The summed E-state index contributed by atoms with van der Waals surface area (Å²) in [6.07, 6.45) is 65.6. The lowest BCUT2D eigenvalue weighted by Crippen LogP contribution is -2.46. The predicted octanol–water partition coefficient (Wildman–Crippen LogP) is 18.4. The zero-order chi connectivity index (χ0) is 51.3. The number of amides is 1. The summed E-state index contributed by atoms with van der Waals surface area (Å²) in [7, 11) is 1.31. The highest BCUT2D eigenvalue weighted by Crippen LogP contribution is 2.38. The SMILES string of the molecule is CCCCCCCC/C=C\CCCCCCCC(=O)NC(COP(=O)([O-])OCC[N+](C)(C)C)C(O)CCCCCCCCCCCCCCCCCCCCCCCCCCCCCCCCCCC. The van der Waals surface area contributed by atoms with Crippen LogP contribution in [-0.2, 0) is 18.4 Å². The average Bonchev–Trinajstić information content (AvgIpc) is 3.32. The smallest absolute Gasteiger partial charge is 0.268 e. The fourth-order valence-corrected chi connectivity index (χ4v) is 10.4. The van der Waals surface area contributed by atoms with Crippen molar-refractivity contribution in [2.75, 3.05) is 40.9 Å². The van der Waals surface area contributed by atoms with Crippen LogP contribution in [0.3, 0.4) is 0 Å². The molecule has 3 atom stereocenters. The zero-order valence-electron chi connectivity index (χ0n) is 47.8. The third-order valence-electron chi connectivity index (χ3n) is 14.5. The molecule has 0 saturated carbocycles. The first kappa shape index (κ1) is 69.2. The Morgan fingerprint density at radius 2 is 0.786 bits per heavy atom. The molecule has 418 valence electrons. The topological polar surface area (TPSA) is 108 Å². The number of nitrogens with zero attached hydrogens (tertiary/aromatic N) is 1. The quantitative estimate of drug-likeness (QED) is 0.0272.